The first-order valence-corrected chi connectivity index (χ1v) is 10.1. The van der Waals surface area contributed by atoms with E-state index in [2.05, 4.69) is 10.0 Å². The number of carbonyl (C=O) groups excluding carboxylic acids is 1. The molecule has 144 valence electrons. The van der Waals surface area contributed by atoms with Gasteiger partial charge in [-0.15, -0.1) is 0 Å². The maximum Gasteiger partial charge on any atom is 0.256 e. The molecule has 1 aliphatic heterocycles. The Morgan fingerprint density at radius 3 is 2.63 bits per heavy atom. The molecule has 2 N–H and O–H groups in total. The molecule has 1 fully saturated rings. The van der Waals surface area contributed by atoms with Crippen molar-refractivity contribution in [2.75, 3.05) is 6.79 Å². The van der Waals surface area contributed by atoms with Crippen molar-refractivity contribution in [3.05, 3.63) is 40.8 Å². The van der Waals surface area contributed by atoms with E-state index < -0.39 is 15.9 Å². The number of carbonyl (C=O) groups is 1. The van der Waals surface area contributed by atoms with Crippen LogP contribution in [0.5, 0.6) is 11.5 Å². The Morgan fingerprint density at radius 2 is 1.89 bits per heavy atom. The molecule has 0 bridgehead atoms. The standard InChI is InChI=1S/C18H20N2O6S/c1-10-16(17(11(2)26-10)27(22,23)20-13-4-5-13)18(21)19-8-12-3-6-14-15(7-12)25-9-24-14/h3,6-7,13,20H,4-5,8-9H2,1-2H3,(H,19,21). The summed E-state index contributed by atoms with van der Waals surface area (Å²) in [5.74, 6) is 1.25. The van der Waals surface area contributed by atoms with E-state index in [1.54, 1.807) is 26.0 Å². The van der Waals surface area contributed by atoms with Crippen LogP contribution in [0.25, 0.3) is 0 Å². The Bertz CT molecular complexity index is 1010. The lowest BCUT2D eigenvalue weighted by Crippen LogP contribution is -2.30. The lowest BCUT2D eigenvalue weighted by molar-refractivity contribution is 0.0946. The van der Waals surface area contributed by atoms with Crippen LogP contribution in [0.15, 0.2) is 27.5 Å². The molecule has 8 nitrogen and oxygen atoms in total. The molecule has 4 rings (SSSR count). The normalized spacial score (nSPS) is 15.8. The Labute approximate surface area is 156 Å². The Kier molecular flexibility index (Phi) is 4.35. The highest BCUT2D eigenvalue weighted by Gasteiger charge is 2.35. The van der Waals surface area contributed by atoms with Crippen LogP contribution in [-0.2, 0) is 16.6 Å². The van der Waals surface area contributed by atoms with Crippen LogP contribution in [0.1, 0.15) is 40.3 Å². The Balaban J connectivity index is 1.55. The molecule has 0 saturated heterocycles. The minimum atomic E-state index is -3.81. The lowest BCUT2D eigenvalue weighted by atomic mass is 10.2. The third kappa shape index (κ3) is 3.52. The van der Waals surface area contributed by atoms with E-state index in [9.17, 15) is 13.2 Å². The third-order valence-corrected chi connectivity index (χ3v) is 6.16. The van der Waals surface area contributed by atoms with Crippen LogP contribution in [0.3, 0.4) is 0 Å². The van der Waals surface area contributed by atoms with Crippen molar-refractivity contribution in [3.63, 3.8) is 0 Å². The first kappa shape index (κ1) is 17.9. The second kappa shape index (κ2) is 6.58. The number of fused-ring (bicyclic) bond motifs is 1. The maximum absolute atomic E-state index is 12.7. The Hall–Kier alpha value is -2.52. The number of benzene rings is 1. The van der Waals surface area contributed by atoms with Gasteiger partial charge in [0, 0.05) is 12.6 Å². The monoisotopic (exact) mass is 392 g/mol. The van der Waals surface area contributed by atoms with Crippen molar-refractivity contribution in [1.82, 2.24) is 10.0 Å². The summed E-state index contributed by atoms with van der Waals surface area (Å²) in [6, 6.07) is 5.30. The number of sulfonamides is 1. The van der Waals surface area contributed by atoms with E-state index >= 15 is 0 Å². The molecule has 1 aromatic heterocycles. The fraction of sp³-hybridized carbons (Fsp3) is 0.389. The van der Waals surface area contributed by atoms with Gasteiger partial charge in [0.1, 0.15) is 22.0 Å². The van der Waals surface area contributed by atoms with Crippen molar-refractivity contribution in [2.45, 2.75) is 44.2 Å². The second-order valence-electron chi connectivity index (χ2n) is 6.68. The molecule has 9 heteroatoms. The first-order valence-electron chi connectivity index (χ1n) is 8.64. The number of ether oxygens (including phenoxy) is 2. The fourth-order valence-corrected chi connectivity index (χ4v) is 4.77. The third-order valence-electron chi connectivity index (χ3n) is 4.49. The highest BCUT2D eigenvalue weighted by atomic mass is 32.2. The summed E-state index contributed by atoms with van der Waals surface area (Å²) in [6.07, 6.45) is 1.61. The molecule has 2 heterocycles. The lowest BCUT2D eigenvalue weighted by Gasteiger charge is -2.09. The van der Waals surface area contributed by atoms with Gasteiger partial charge in [-0.25, -0.2) is 13.1 Å². The van der Waals surface area contributed by atoms with E-state index in [-0.39, 0.29) is 41.4 Å². The summed E-state index contributed by atoms with van der Waals surface area (Å²) >= 11 is 0. The number of aryl methyl sites for hydroxylation is 2. The van der Waals surface area contributed by atoms with Crippen molar-refractivity contribution >= 4 is 15.9 Å². The molecule has 1 aliphatic carbocycles. The molecule has 0 radical (unpaired) electrons. The summed E-state index contributed by atoms with van der Waals surface area (Å²) in [5.41, 5.74) is 0.854. The van der Waals surface area contributed by atoms with E-state index in [0.717, 1.165) is 18.4 Å². The average molecular weight is 392 g/mol. The highest BCUT2D eigenvalue weighted by Crippen LogP contribution is 2.33. The van der Waals surface area contributed by atoms with Gasteiger partial charge in [-0.1, -0.05) is 6.07 Å². The van der Waals surface area contributed by atoms with Crippen LogP contribution < -0.4 is 19.5 Å². The first-order chi connectivity index (χ1) is 12.8. The van der Waals surface area contributed by atoms with Crippen LogP contribution in [-0.4, -0.2) is 27.2 Å². The smallest absolute Gasteiger partial charge is 0.256 e. The van der Waals surface area contributed by atoms with E-state index in [4.69, 9.17) is 13.9 Å². The fourth-order valence-electron chi connectivity index (χ4n) is 3.05. The zero-order valence-electron chi connectivity index (χ0n) is 15.0. The zero-order chi connectivity index (χ0) is 19.2. The summed E-state index contributed by atoms with van der Waals surface area (Å²) in [4.78, 5) is 12.6. The number of furan rings is 1. The summed E-state index contributed by atoms with van der Waals surface area (Å²) in [5, 5.41) is 2.75. The van der Waals surface area contributed by atoms with Crippen molar-refractivity contribution in [2.24, 2.45) is 0 Å². The number of rotatable bonds is 6. The molecular weight excluding hydrogens is 372 g/mol. The average Bonchev–Trinajstić information content (AvgIpc) is 3.17. The van der Waals surface area contributed by atoms with E-state index in [1.807, 2.05) is 6.07 Å². The summed E-state index contributed by atoms with van der Waals surface area (Å²) in [6.45, 7) is 3.52. The molecule has 0 spiro atoms. The zero-order valence-corrected chi connectivity index (χ0v) is 15.8. The van der Waals surface area contributed by atoms with Crippen LogP contribution >= 0.6 is 0 Å². The molecule has 2 aromatic rings. The molecular formula is C18H20N2O6S. The van der Waals surface area contributed by atoms with E-state index in [1.165, 1.54) is 0 Å². The minimum Gasteiger partial charge on any atom is -0.464 e. The summed E-state index contributed by atoms with van der Waals surface area (Å²) in [7, 11) is -3.81. The van der Waals surface area contributed by atoms with Crippen molar-refractivity contribution in [1.29, 1.82) is 0 Å². The quantitative estimate of drug-likeness (QED) is 0.779. The van der Waals surface area contributed by atoms with Crippen molar-refractivity contribution < 1.29 is 27.1 Å². The number of amides is 1. The topological polar surface area (TPSA) is 107 Å². The van der Waals surface area contributed by atoms with E-state index in [0.29, 0.717) is 11.5 Å². The van der Waals surface area contributed by atoms with Crippen molar-refractivity contribution in [3.8, 4) is 11.5 Å². The molecule has 0 unspecified atom stereocenters. The molecule has 1 saturated carbocycles. The molecule has 2 aliphatic rings. The molecule has 1 amide bonds. The van der Waals surface area contributed by atoms with Crippen LogP contribution in [0.2, 0.25) is 0 Å². The van der Waals surface area contributed by atoms with Crippen LogP contribution in [0, 0.1) is 13.8 Å². The number of hydrogen-bond acceptors (Lipinski definition) is 6. The van der Waals surface area contributed by atoms with Gasteiger partial charge >= 0.3 is 0 Å². The molecule has 0 atom stereocenters. The Morgan fingerprint density at radius 1 is 1.15 bits per heavy atom. The highest BCUT2D eigenvalue weighted by molar-refractivity contribution is 7.89. The predicted octanol–water partition coefficient (Wildman–Crippen LogP) is 2.00. The SMILES string of the molecule is Cc1oc(C)c(S(=O)(=O)NC2CC2)c1C(=O)NCc1ccc2c(c1)OCO2. The summed E-state index contributed by atoms with van der Waals surface area (Å²) < 4.78 is 44.0. The van der Waals surface area contributed by atoms with Crippen LogP contribution in [0.4, 0.5) is 0 Å². The molecule has 1 aromatic carbocycles. The predicted molar refractivity (Wildman–Crippen MR) is 95.3 cm³/mol. The second-order valence-corrected chi connectivity index (χ2v) is 8.34. The van der Waals surface area contributed by atoms with Gasteiger partial charge in [0.2, 0.25) is 16.8 Å². The van der Waals surface area contributed by atoms with Gasteiger partial charge in [0.15, 0.2) is 11.5 Å². The van der Waals surface area contributed by atoms with Gasteiger partial charge in [-0.3, -0.25) is 4.79 Å². The van der Waals surface area contributed by atoms with Gasteiger partial charge < -0.3 is 19.2 Å². The van der Waals surface area contributed by atoms with Gasteiger partial charge in [-0.2, -0.15) is 0 Å². The largest absolute Gasteiger partial charge is 0.464 e. The minimum absolute atomic E-state index is 0.0430. The number of nitrogens with one attached hydrogen (secondary N) is 2. The maximum atomic E-state index is 12.7. The van der Waals surface area contributed by atoms with Gasteiger partial charge in [0.25, 0.3) is 5.91 Å². The van der Waals surface area contributed by atoms with Gasteiger partial charge in [0.05, 0.1) is 0 Å². The number of hydrogen-bond donors (Lipinski definition) is 2. The van der Waals surface area contributed by atoms with Gasteiger partial charge in [-0.05, 0) is 44.4 Å². The molecule has 27 heavy (non-hydrogen) atoms.